The average Bonchev–Trinajstić information content (AvgIpc) is 3.06. The highest BCUT2D eigenvalue weighted by Crippen LogP contribution is 2.20. The predicted molar refractivity (Wildman–Crippen MR) is 76.8 cm³/mol. The van der Waals surface area contributed by atoms with E-state index in [1.54, 1.807) is 0 Å². The average molecular weight is 254 g/mol. The van der Waals surface area contributed by atoms with Gasteiger partial charge in [0.1, 0.15) is 0 Å². The number of fused-ring (bicyclic) bond motifs is 1. The molecule has 4 nitrogen and oxygen atoms in total. The summed E-state index contributed by atoms with van der Waals surface area (Å²) in [6, 6.07) is 8.43. The van der Waals surface area contributed by atoms with Crippen LogP contribution in [0.5, 0.6) is 0 Å². The molecule has 0 radical (unpaired) electrons. The van der Waals surface area contributed by atoms with Crippen LogP contribution in [0.25, 0.3) is 10.9 Å². The number of benzene rings is 1. The van der Waals surface area contributed by atoms with E-state index in [0.717, 1.165) is 13.1 Å². The fourth-order valence-corrected chi connectivity index (χ4v) is 2.46. The smallest absolute Gasteiger partial charge is 0.0539 e. The second-order valence-corrected chi connectivity index (χ2v) is 4.70. The number of hydrogen-bond donors (Lipinski definition) is 1. The molecule has 19 heavy (non-hydrogen) atoms. The van der Waals surface area contributed by atoms with Crippen LogP contribution in [0.4, 0.5) is 0 Å². The second kappa shape index (κ2) is 4.90. The topological polar surface area (TPSA) is 48.8 Å². The van der Waals surface area contributed by atoms with Crippen molar-refractivity contribution in [3.8, 4) is 0 Å². The van der Waals surface area contributed by atoms with Crippen LogP contribution in [-0.2, 0) is 19.6 Å². The minimum absolute atomic E-state index is 0.578. The molecular formula is C15H18N4. The van der Waals surface area contributed by atoms with Crippen LogP contribution < -0.4 is 5.73 Å². The van der Waals surface area contributed by atoms with Crippen molar-refractivity contribution in [3.63, 3.8) is 0 Å². The Labute approximate surface area is 112 Å². The zero-order valence-corrected chi connectivity index (χ0v) is 11.1. The van der Waals surface area contributed by atoms with Crippen molar-refractivity contribution >= 4 is 10.9 Å². The van der Waals surface area contributed by atoms with E-state index in [-0.39, 0.29) is 0 Å². The number of aromatic nitrogens is 3. The molecule has 0 bridgehead atoms. The third-order valence-electron chi connectivity index (χ3n) is 3.49. The zero-order valence-electron chi connectivity index (χ0n) is 11.1. The Morgan fingerprint density at radius 2 is 2.16 bits per heavy atom. The highest BCUT2D eigenvalue weighted by molar-refractivity contribution is 5.83. The van der Waals surface area contributed by atoms with Gasteiger partial charge in [-0.2, -0.15) is 5.10 Å². The molecule has 0 aliphatic heterocycles. The molecular weight excluding hydrogens is 236 g/mol. The SMILES string of the molecule is CCn1cc(Cn2ccc3c(CN)cccc32)cn1. The first kappa shape index (κ1) is 12.0. The molecule has 3 aromatic rings. The molecule has 98 valence electrons. The minimum atomic E-state index is 0.578. The lowest BCUT2D eigenvalue weighted by Gasteiger charge is -2.05. The van der Waals surface area contributed by atoms with Crippen molar-refractivity contribution in [2.75, 3.05) is 0 Å². The first-order valence-corrected chi connectivity index (χ1v) is 6.60. The third kappa shape index (κ3) is 2.15. The summed E-state index contributed by atoms with van der Waals surface area (Å²) in [5.74, 6) is 0. The number of aryl methyl sites for hydroxylation is 1. The molecule has 0 saturated heterocycles. The number of hydrogen-bond acceptors (Lipinski definition) is 2. The van der Waals surface area contributed by atoms with Crippen molar-refractivity contribution in [1.29, 1.82) is 0 Å². The molecule has 0 saturated carbocycles. The van der Waals surface area contributed by atoms with Crippen molar-refractivity contribution in [2.45, 2.75) is 26.6 Å². The number of nitrogens with two attached hydrogens (primary N) is 1. The molecule has 2 aromatic heterocycles. The van der Waals surface area contributed by atoms with Gasteiger partial charge in [0.25, 0.3) is 0 Å². The number of nitrogens with zero attached hydrogens (tertiary/aromatic N) is 3. The first-order valence-electron chi connectivity index (χ1n) is 6.60. The van der Waals surface area contributed by atoms with Crippen LogP contribution in [0.2, 0.25) is 0 Å². The maximum absolute atomic E-state index is 5.78. The quantitative estimate of drug-likeness (QED) is 0.777. The van der Waals surface area contributed by atoms with Crippen LogP contribution in [0.15, 0.2) is 42.9 Å². The number of rotatable bonds is 4. The highest BCUT2D eigenvalue weighted by Gasteiger charge is 2.06. The van der Waals surface area contributed by atoms with E-state index in [1.807, 2.05) is 10.9 Å². The molecule has 0 atom stereocenters. The second-order valence-electron chi connectivity index (χ2n) is 4.70. The van der Waals surface area contributed by atoms with Gasteiger partial charge < -0.3 is 10.3 Å². The van der Waals surface area contributed by atoms with Crippen LogP contribution in [-0.4, -0.2) is 14.3 Å². The van der Waals surface area contributed by atoms with Gasteiger partial charge in [-0.1, -0.05) is 12.1 Å². The van der Waals surface area contributed by atoms with Gasteiger partial charge >= 0.3 is 0 Å². The molecule has 3 rings (SSSR count). The summed E-state index contributed by atoms with van der Waals surface area (Å²) >= 11 is 0. The fraction of sp³-hybridized carbons (Fsp3) is 0.267. The predicted octanol–water partition coefficient (Wildman–Crippen LogP) is 2.36. The van der Waals surface area contributed by atoms with E-state index >= 15 is 0 Å². The molecule has 4 heteroatoms. The highest BCUT2D eigenvalue weighted by atomic mass is 15.3. The standard InChI is InChI=1S/C15H18N4/c1-2-19-11-12(9-17-19)10-18-7-6-14-13(8-16)4-3-5-15(14)18/h3-7,9,11H,2,8,10,16H2,1H3. The lowest BCUT2D eigenvalue weighted by molar-refractivity contribution is 0.658. The molecule has 1 aromatic carbocycles. The summed E-state index contributed by atoms with van der Waals surface area (Å²) in [5.41, 5.74) is 9.42. The molecule has 0 aliphatic carbocycles. The Hall–Kier alpha value is -2.07. The van der Waals surface area contributed by atoms with Gasteiger partial charge in [-0.05, 0) is 24.6 Å². The fourth-order valence-electron chi connectivity index (χ4n) is 2.46. The van der Waals surface area contributed by atoms with Gasteiger partial charge in [-0.15, -0.1) is 0 Å². The summed E-state index contributed by atoms with van der Waals surface area (Å²) in [5, 5.41) is 5.56. The van der Waals surface area contributed by atoms with Gasteiger partial charge in [-0.3, -0.25) is 4.68 Å². The Morgan fingerprint density at radius 1 is 1.26 bits per heavy atom. The minimum Gasteiger partial charge on any atom is -0.343 e. The lowest BCUT2D eigenvalue weighted by atomic mass is 10.1. The summed E-state index contributed by atoms with van der Waals surface area (Å²) in [7, 11) is 0. The van der Waals surface area contributed by atoms with Gasteiger partial charge in [0.15, 0.2) is 0 Å². The first-order chi connectivity index (χ1) is 9.31. The largest absolute Gasteiger partial charge is 0.343 e. The van der Waals surface area contributed by atoms with Crippen LogP contribution >= 0.6 is 0 Å². The van der Waals surface area contributed by atoms with Gasteiger partial charge in [0, 0.05) is 41.9 Å². The molecule has 0 spiro atoms. The molecule has 2 heterocycles. The molecule has 0 amide bonds. The van der Waals surface area contributed by atoms with Crippen LogP contribution in [0, 0.1) is 0 Å². The molecule has 0 aliphatic rings. The van der Waals surface area contributed by atoms with Crippen molar-refractivity contribution in [2.24, 2.45) is 5.73 Å². The zero-order chi connectivity index (χ0) is 13.2. The molecule has 0 unspecified atom stereocenters. The normalized spacial score (nSPS) is 11.3. The van der Waals surface area contributed by atoms with Crippen LogP contribution in [0.3, 0.4) is 0 Å². The summed E-state index contributed by atoms with van der Waals surface area (Å²) in [6.07, 6.45) is 6.15. The van der Waals surface area contributed by atoms with Crippen molar-refractivity contribution < 1.29 is 0 Å². The maximum atomic E-state index is 5.78. The van der Waals surface area contributed by atoms with E-state index in [4.69, 9.17) is 5.73 Å². The Kier molecular flexibility index (Phi) is 3.09. The molecule has 2 N–H and O–H groups in total. The third-order valence-corrected chi connectivity index (χ3v) is 3.49. The Morgan fingerprint density at radius 3 is 2.89 bits per heavy atom. The summed E-state index contributed by atoms with van der Waals surface area (Å²) < 4.78 is 4.19. The van der Waals surface area contributed by atoms with E-state index in [9.17, 15) is 0 Å². The monoisotopic (exact) mass is 254 g/mol. The van der Waals surface area contributed by atoms with Gasteiger partial charge in [-0.25, -0.2) is 0 Å². The van der Waals surface area contributed by atoms with Gasteiger partial charge in [0.05, 0.1) is 12.7 Å². The Balaban J connectivity index is 1.97. The van der Waals surface area contributed by atoms with E-state index in [1.165, 1.54) is 22.0 Å². The molecule has 0 fully saturated rings. The maximum Gasteiger partial charge on any atom is 0.0539 e. The van der Waals surface area contributed by atoms with Crippen LogP contribution in [0.1, 0.15) is 18.1 Å². The van der Waals surface area contributed by atoms with Crippen molar-refractivity contribution in [1.82, 2.24) is 14.3 Å². The Bertz CT molecular complexity index is 693. The van der Waals surface area contributed by atoms with E-state index in [0.29, 0.717) is 6.54 Å². The summed E-state index contributed by atoms with van der Waals surface area (Å²) in [6.45, 7) is 4.42. The summed E-state index contributed by atoms with van der Waals surface area (Å²) in [4.78, 5) is 0. The van der Waals surface area contributed by atoms with E-state index < -0.39 is 0 Å². The van der Waals surface area contributed by atoms with Crippen molar-refractivity contribution in [3.05, 3.63) is 54.0 Å². The lowest BCUT2D eigenvalue weighted by Crippen LogP contribution is -1.99. The van der Waals surface area contributed by atoms with Gasteiger partial charge in [0.2, 0.25) is 0 Å². The van der Waals surface area contributed by atoms with E-state index in [2.05, 4.69) is 53.2 Å².